The SMILES string of the molecule is COc1ccc2c(c1OCc1ccccc1)C[C@@H](C(=O)O)N(C(=O)[C@H](OC1COC1)c1ccccc1)C2. The normalized spacial score (nSPS) is 17.9. The van der Waals surface area contributed by atoms with Gasteiger partial charge in [0.2, 0.25) is 0 Å². The minimum atomic E-state index is -1.09. The Labute approximate surface area is 215 Å². The number of carboxylic acid groups (broad SMARTS) is 1. The second kappa shape index (κ2) is 11.0. The molecule has 1 N–H and O–H groups in total. The molecule has 2 aliphatic rings. The number of hydrogen-bond donors (Lipinski definition) is 1. The number of carbonyl (C=O) groups excluding carboxylic acids is 1. The van der Waals surface area contributed by atoms with Gasteiger partial charge in [-0.3, -0.25) is 4.79 Å². The Kier molecular flexibility index (Phi) is 7.39. The number of carboxylic acids is 1. The summed E-state index contributed by atoms with van der Waals surface area (Å²) in [7, 11) is 1.55. The first-order chi connectivity index (χ1) is 18.0. The maximum Gasteiger partial charge on any atom is 0.326 e. The van der Waals surface area contributed by atoms with E-state index < -0.39 is 24.0 Å². The second-order valence-corrected chi connectivity index (χ2v) is 9.12. The maximum absolute atomic E-state index is 13.9. The standard InChI is InChI=1S/C29H29NO7/c1-34-25-13-12-21-15-30(28(31)26(37-22-17-35-18-22)20-10-6-3-7-11-20)24(29(32)33)14-23(21)27(25)36-16-19-8-4-2-5-9-19/h2-13,22,24,26H,14-18H2,1H3,(H,32,33)/t24-,26+/m0/s1. The summed E-state index contributed by atoms with van der Waals surface area (Å²) >= 11 is 0. The Hall–Kier alpha value is -3.88. The van der Waals surface area contributed by atoms with Crippen molar-refractivity contribution in [3.63, 3.8) is 0 Å². The molecule has 2 atom stereocenters. The topological polar surface area (TPSA) is 94.5 Å². The number of amides is 1. The Morgan fingerprint density at radius 2 is 1.73 bits per heavy atom. The van der Waals surface area contributed by atoms with Crippen molar-refractivity contribution >= 4 is 11.9 Å². The van der Waals surface area contributed by atoms with E-state index in [-0.39, 0.29) is 19.1 Å². The summed E-state index contributed by atoms with van der Waals surface area (Å²) in [6, 6.07) is 21.4. The van der Waals surface area contributed by atoms with Crippen molar-refractivity contribution < 1.29 is 33.6 Å². The molecule has 2 heterocycles. The number of methoxy groups -OCH3 is 1. The fourth-order valence-corrected chi connectivity index (χ4v) is 4.66. The van der Waals surface area contributed by atoms with Crippen LogP contribution in [-0.2, 0) is 38.6 Å². The zero-order chi connectivity index (χ0) is 25.8. The molecule has 0 aromatic heterocycles. The van der Waals surface area contributed by atoms with Crippen LogP contribution in [0.2, 0.25) is 0 Å². The van der Waals surface area contributed by atoms with Gasteiger partial charge < -0.3 is 29.0 Å². The average molecular weight is 504 g/mol. The van der Waals surface area contributed by atoms with Crippen molar-refractivity contribution in [1.82, 2.24) is 4.90 Å². The molecule has 192 valence electrons. The highest BCUT2D eigenvalue weighted by atomic mass is 16.6. The third-order valence-corrected chi connectivity index (χ3v) is 6.71. The van der Waals surface area contributed by atoms with E-state index in [4.69, 9.17) is 18.9 Å². The number of fused-ring (bicyclic) bond motifs is 1. The summed E-state index contributed by atoms with van der Waals surface area (Å²) in [5, 5.41) is 10.2. The zero-order valence-electron chi connectivity index (χ0n) is 20.5. The lowest BCUT2D eigenvalue weighted by Gasteiger charge is -2.38. The van der Waals surface area contributed by atoms with Gasteiger partial charge in [0.05, 0.1) is 20.3 Å². The van der Waals surface area contributed by atoms with Crippen molar-refractivity contribution in [3.8, 4) is 11.5 Å². The molecule has 37 heavy (non-hydrogen) atoms. The van der Waals surface area contributed by atoms with Crippen LogP contribution in [0.3, 0.4) is 0 Å². The lowest BCUT2D eigenvalue weighted by Crippen LogP contribution is -2.51. The second-order valence-electron chi connectivity index (χ2n) is 9.12. The molecular weight excluding hydrogens is 474 g/mol. The quantitative estimate of drug-likeness (QED) is 0.475. The van der Waals surface area contributed by atoms with E-state index in [0.717, 1.165) is 16.7 Å². The summed E-state index contributed by atoms with van der Waals surface area (Å²) in [5.41, 5.74) is 3.20. The summed E-state index contributed by atoms with van der Waals surface area (Å²) < 4.78 is 23.0. The van der Waals surface area contributed by atoms with Gasteiger partial charge in [-0.2, -0.15) is 0 Å². The Bertz CT molecular complexity index is 1240. The monoisotopic (exact) mass is 503 g/mol. The van der Waals surface area contributed by atoms with Gasteiger partial charge in [-0.25, -0.2) is 4.79 Å². The number of carbonyl (C=O) groups is 2. The average Bonchev–Trinajstić information content (AvgIpc) is 2.91. The van der Waals surface area contributed by atoms with E-state index in [2.05, 4.69) is 0 Å². The van der Waals surface area contributed by atoms with Crippen LogP contribution in [0.25, 0.3) is 0 Å². The lowest BCUT2D eigenvalue weighted by atomic mass is 9.91. The molecule has 0 aliphatic carbocycles. The molecule has 0 saturated carbocycles. The summed E-state index contributed by atoms with van der Waals surface area (Å²) in [4.78, 5) is 27.7. The van der Waals surface area contributed by atoms with Crippen molar-refractivity contribution in [2.24, 2.45) is 0 Å². The van der Waals surface area contributed by atoms with E-state index in [1.54, 1.807) is 13.2 Å². The largest absolute Gasteiger partial charge is 0.493 e. The van der Waals surface area contributed by atoms with Crippen LogP contribution in [-0.4, -0.2) is 54.4 Å². The van der Waals surface area contributed by atoms with Gasteiger partial charge in [0.25, 0.3) is 5.91 Å². The Morgan fingerprint density at radius 1 is 1.03 bits per heavy atom. The van der Waals surface area contributed by atoms with Crippen LogP contribution in [0.5, 0.6) is 11.5 Å². The molecule has 0 bridgehead atoms. The summed E-state index contributed by atoms with van der Waals surface area (Å²) in [6.45, 7) is 1.24. The van der Waals surface area contributed by atoms with Crippen LogP contribution in [0.1, 0.15) is 28.4 Å². The molecule has 8 heteroatoms. The molecule has 0 radical (unpaired) electrons. The number of rotatable bonds is 9. The highest BCUT2D eigenvalue weighted by Gasteiger charge is 2.41. The molecule has 5 rings (SSSR count). The van der Waals surface area contributed by atoms with Crippen molar-refractivity contribution in [1.29, 1.82) is 0 Å². The molecule has 3 aromatic carbocycles. The number of ether oxygens (including phenoxy) is 4. The Morgan fingerprint density at radius 3 is 2.35 bits per heavy atom. The number of hydrogen-bond acceptors (Lipinski definition) is 6. The summed E-state index contributed by atoms with van der Waals surface area (Å²) in [6.07, 6.45) is -1.05. The minimum Gasteiger partial charge on any atom is -0.493 e. The summed E-state index contributed by atoms with van der Waals surface area (Å²) in [5.74, 6) is -0.452. The van der Waals surface area contributed by atoms with Crippen LogP contribution < -0.4 is 9.47 Å². The number of aliphatic carboxylic acids is 1. The van der Waals surface area contributed by atoms with E-state index in [9.17, 15) is 14.7 Å². The first-order valence-corrected chi connectivity index (χ1v) is 12.2. The first-order valence-electron chi connectivity index (χ1n) is 12.2. The predicted octanol–water partition coefficient (Wildman–Crippen LogP) is 3.77. The van der Waals surface area contributed by atoms with Crippen LogP contribution in [0, 0.1) is 0 Å². The van der Waals surface area contributed by atoms with Gasteiger partial charge in [-0.05, 0) is 22.8 Å². The molecule has 8 nitrogen and oxygen atoms in total. The van der Waals surface area contributed by atoms with Crippen LogP contribution in [0.15, 0.2) is 72.8 Å². The fourth-order valence-electron chi connectivity index (χ4n) is 4.66. The smallest absolute Gasteiger partial charge is 0.326 e. The molecule has 0 spiro atoms. The van der Waals surface area contributed by atoms with Crippen LogP contribution in [0.4, 0.5) is 0 Å². The molecule has 1 fully saturated rings. The van der Waals surface area contributed by atoms with Gasteiger partial charge in [-0.15, -0.1) is 0 Å². The van der Waals surface area contributed by atoms with E-state index in [1.165, 1.54) is 4.90 Å². The minimum absolute atomic E-state index is 0.0891. The third kappa shape index (κ3) is 5.30. The third-order valence-electron chi connectivity index (χ3n) is 6.71. The van der Waals surface area contributed by atoms with Gasteiger partial charge in [0.1, 0.15) is 18.8 Å². The number of nitrogens with zero attached hydrogens (tertiary/aromatic N) is 1. The maximum atomic E-state index is 13.9. The molecule has 0 unspecified atom stereocenters. The van der Waals surface area contributed by atoms with Gasteiger partial charge in [0, 0.05) is 18.5 Å². The highest BCUT2D eigenvalue weighted by Crippen LogP contribution is 2.40. The Balaban J connectivity index is 1.46. The van der Waals surface area contributed by atoms with Gasteiger partial charge in [-0.1, -0.05) is 66.7 Å². The van der Waals surface area contributed by atoms with E-state index in [1.807, 2.05) is 66.7 Å². The van der Waals surface area contributed by atoms with Crippen LogP contribution >= 0.6 is 0 Å². The van der Waals surface area contributed by atoms with E-state index in [0.29, 0.717) is 36.9 Å². The van der Waals surface area contributed by atoms with Crippen molar-refractivity contribution in [2.75, 3.05) is 20.3 Å². The highest BCUT2D eigenvalue weighted by molar-refractivity contribution is 5.88. The van der Waals surface area contributed by atoms with Gasteiger partial charge >= 0.3 is 5.97 Å². The van der Waals surface area contributed by atoms with Crippen molar-refractivity contribution in [2.45, 2.75) is 37.8 Å². The molecule has 1 saturated heterocycles. The predicted molar refractivity (Wildman–Crippen MR) is 134 cm³/mol. The zero-order valence-corrected chi connectivity index (χ0v) is 20.5. The van der Waals surface area contributed by atoms with Gasteiger partial charge in [0.15, 0.2) is 17.6 Å². The fraction of sp³-hybridized carbons (Fsp3) is 0.310. The molecule has 1 amide bonds. The number of benzene rings is 3. The molecule has 3 aromatic rings. The van der Waals surface area contributed by atoms with E-state index >= 15 is 0 Å². The molecule has 2 aliphatic heterocycles. The first kappa shape index (κ1) is 24.8. The van der Waals surface area contributed by atoms with Crippen molar-refractivity contribution in [3.05, 3.63) is 95.1 Å². The lowest BCUT2D eigenvalue weighted by molar-refractivity contribution is -0.180. The molecular formula is C29H29NO7.